The molecule has 0 atom stereocenters. The van der Waals surface area contributed by atoms with Crippen molar-refractivity contribution in [1.29, 1.82) is 0 Å². The number of aldehydes is 1. The Labute approximate surface area is 106 Å². The predicted molar refractivity (Wildman–Crippen MR) is 65.2 cm³/mol. The van der Waals surface area contributed by atoms with E-state index >= 15 is 0 Å². The molecule has 1 aliphatic carbocycles. The molecule has 0 radical (unpaired) electrons. The minimum atomic E-state index is -4.17. The fourth-order valence-electron chi connectivity index (χ4n) is 2.23. The first kappa shape index (κ1) is 15.0. The zero-order valence-electron chi connectivity index (χ0n) is 10.9. The molecule has 1 rings (SSSR count). The highest BCUT2D eigenvalue weighted by molar-refractivity contribution is 5.76. The van der Waals surface area contributed by atoms with Crippen molar-refractivity contribution in [2.45, 2.75) is 52.1 Å². The van der Waals surface area contributed by atoms with Crippen molar-refractivity contribution < 1.29 is 18.0 Å². The third-order valence-electron chi connectivity index (χ3n) is 3.39. The summed E-state index contributed by atoms with van der Waals surface area (Å²) in [7, 11) is 0. The number of rotatable bonds is 4. The second kappa shape index (κ2) is 5.29. The first-order valence-corrected chi connectivity index (χ1v) is 6.07. The molecule has 102 valence electrons. The van der Waals surface area contributed by atoms with Gasteiger partial charge in [0.15, 0.2) is 0 Å². The molecule has 0 amide bonds. The number of carbonyl (C=O) groups is 1. The highest BCUT2D eigenvalue weighted by atomic mass is 19.4. The van der Waals surface area contributed by atoms with Crippen LogP contribution >= 0.6 is 0 Å². The van der Waals surface area contributed by atoms with Gasteiger partial charge in [0.2, 0.25) is 0 Å². The first-order valence-electron chi connectivity index (χ1n) is 6.07. The number of hydrogen-bond donors (Lipinski definition) is 0. The molecule has 0 heterocycles. The van der Waals surface area contributed by atoms with E-state index in [9.17, 15) is 18.0 Å². The Bertz CT molecular complexity index is 375. The number of alkyl halides is 3. The van der Waals surface area contributed by atoms with Gasteiger partial charge < -0.3 is 0 Å². The third-order valence-corrected chi connectivity index (χ3v) is 3.39. The van der Waals surface area contributed by atoms with Crippen LogP contribution < -0.4 is 0 Å². The lowest BCUT2D eigenvalue weighted by atomic mass is 9.72. The molecule has 4 heteroatoms. The molecule has 0 unspecified atom stereocenters. The Morgan fingerprint density at radius 1 is 1.44 bits per heavy atom. The summed E-state index contributed by atoms with van der Waals surface area (Å²) in [5.74, 6) is 0. The second-order valence-electron chi connectivity index (χ2n) is 5.68. The van der Waals surface area contributed by atoms with Gasteiger partial charge in [0.25, 0.3) is 0 Å². The maximum absolute atomic E-state index is 12.2. The molecule has 0 fully saturated rings. The molecule has 0 aliphatic heterocycles. The van der Waals surface area contributed by atoms with Gasteiger partial charge >= 0.3 is 6.18 Å². The van der Waals surface area contributed by atoms with Crippen LogP contribution in [0.4, 0.5) is 13.2 Å². The molecule has 0 bridgehead atoms. The van der Waals surface area contributed by atoms with E-state index in [0.29, 0.717) is 24.0 Å². The number of halogens is 3. The minimum Gasteiger partial charge on any atom is -0.298 e. The van der Waals surface area contributed by atoms with Crippen LogP contribution in [0.5, 0.6) is 0 Å². The van der Waals surface area contributed by atoms with E-state index in [2.05, 4.69) is 20.4 Å². The van der Waals surface area contributed by atoms with E-state index in [0.717, 1.165) is 18.3 Å². The van der Waals surface area contributed by atoms with Gasteiger partial charge in [-0.25, -0.2) is 0 Å². The summed E-state index contributed by atoms with van der Waals surface area (Å²) in [5, 5.41) is 0. The Balaban J connectivity index is 2.80. The van der Waals surface area contributed by atoms with Crippen molar-refractivity contribution in [3.8, 4) is 0 Å². The van der Waals surface area contributed by atoms with E-state index in [1.807, 2.05) is 0 Å². The molecule has 1 nitrogen and oxygen atoms in total. The van der Waals surface area contributed by atoms with E-state index in [1.54, 1.807) is 0 Å². The third kappa shape index (κ3) is 4.31. The van der Waals surface area contributed by atoms with Gasteiger partial charge in [-0.15, -0.1) is 0 Å². The SMILES string of the molecule is C=C(CCC(F)(F)F)C1=C(C=O)CCC(C)(C)C1. The van der Waals surface area contributed by atoms with Crippen LogP contribution in [0.3, 0.4) is 0 Å². The number of allylic oxidation sites excluding steroid dienone is 3. The quantitative estimate of drug-likeness (QED) is 0.675. The van der Waals surface area contributed by atoms with E-state index in [1.165, 1.54) is 0 Å². The lowest BCUT2D eigenvalue weighted by molar-refractivity contribution is -0.133. The Morgan fingerprint density at radius 2 is 2.06 bits per heavy atom. The minimum absolute atomic E-state index is 0.0308. The fraction of sp³-hybridized carbons (Fsp3) is 0.643. The molecule has 1 aliphatic rings. The Morgan fingerprint density at radius 3 is 2.56 bits per heavy atom. The maximum atomic E-state index is 12.2. The number of carbonyl (C=O) groups excluding carboxylic acids is 1. The van der Waals surface area contributed by atoms with Crippen LogP contribution in [0, 0.1) is 5.41 Å². The van der Waals surface area contributed by atoms with Crippen molar-refractivity contribution in [1.82, 2.24) is 0 Å². The summed E-state index contributed by atoms with van der Waals surface area (Å²) in [5.41, 5.74) is 1.86. The van der Waals surface area contributed by atoms with Crippen molar-refractivity contribution in [2.24, 2.45) is 5.41 Å². The van der Waals surface area contributed by atoms with Crippen LogP contribution in [0.2, 0.25) is 0 Å². The van der Waals surface area contributed by atoms with Crippen LogP contribution in [0.25, 0.3) is 0 Å². The van der Waals surface area contributed by atoms with Crippen molar-refractivity contribution >= 4 is 6.29 Å². The number of hydrogen-bond acceptors (Lipinski definition) is 1. The standard InChI is InChI=1S/C14H19F3O/c1-10(4-7-14(15,16)17)12-8-13(2,3)6-5-11(12)9-18/h9H,1,4-8H2,2-3H3. The molecule has 0 N–H and O–H groups in total. The summed E-state index contributed by atoms with van der Waals surface area (Å²) in [6, 6.07) is 0. The molecule has 0 saturated heterocycles. The highest BCUT2D eigenvalue weighted by Gasteiger charge is 2.31. The van der Waals surface area contributed by atoms with Gasteiger partial charge in [-0.05, 0) is 42.2 Å². The van der Waals surface area contributed by atoms with Gasteiger partial charge in [-0.2, -0.15) is 13.2 Å². The lowest BCUT2D eigenvalue weighted by Gasteiger charge is -2.32. The van der Waals surface area contributed by atoms with Crippen LogP contribution in [-0.2, 0) is 4.79 Å². The Hall–Kier alpha value is -1.06. The van der Waals surface area contributed by atoms with Crippen LogP contribution in [0.1, 0.15) is 46.0 Å². The molecule has 0 saturated carbocycles. The predicted octanol–water partition coefficient (Wildman–Crippen LogP) is 4.59. The van der Waals surface area contributed by atoms with Crippen LogP contribution in [-0.4, -0.2) is 12.5 Å². The van der Waals surface area contributed by atoms with Gasteiger partial charge in [0.05, 0.1) is 0 Å². The largest absolute Gasteiger partial charge is 0.389 e. The average molecular weight is 260 g/mol. The summed E-state index contributed by atoms with van der Waals surface area (Å²) in [4.78, 5) is 11.0. The topological polar surface area (TPSA) is 17.1 Å². The van der Waals surface area contributed by atoms with Crippen molar-refractivity contribution in [2.75, 3.05) is 0 Å². The van der Waals surface area contributed by atoms with Gasteiger partial charge in [-0.1, -0.05) is 26.0 Å². The fourth-order valence-corrected chi connectivity index (χ4v) is 2.23. The summed E-state index contributed by atoms with van der Waals surface area (Å²) in [6.07, 6.45) is -2.24. The monoisotopic (exact) mass is 260 g/mol. The lowest BCUT2D eigenvalue weighted by Crippen LogP contribution is -2.20. The summed E-state index contributed by atoms with van der Waals surface area (Å²) < 4.78 is 36.6. The summed E-state index contributed by atoms with van der Waals surface area (Å²) in [6.45, 7) is 7.85. The summed E-state index contributed by atoms with van der Waals surface area (Å²) >= 11 is 0. The average Bonchev–Trinajstić information content (AvgIpc) is 2.24. The van der Waals surface area contributed by atoms with Crippen molar-refractivity contribution in [3.05, 3.63) is 23.3 Å². The molecule has 0 spiro atoms. The van der Waals surface area contributed by atoms with Gasteiger partial charge in [0.1, 0.15) is 6.29 Å². The van der Waals surface area contributed by atoms with Crippen molar-refractivity contribution in [3.63, 3.8) is 0 Å². The van der Waals surface area contributed by atoms with Crippen LogP contribution in [0.15, 0.2) is 23.3 Å². The molecular weight excluding hydrogens is 241 g/mol. The van der Waals surface area contributed by atoms with E-state index in [-0.39, 0.29) is 11.8 Å². The second-order valence-corrected chi connectivity index (χ2v) is 5.68. The van der Waals surface area contributed by atoms with Gasteiger partial charge in [0, 0.05) is 6.42 Å². The molecule has 0 aromatic rings. The van der Waals surface area contributed by atoms with E-state index in [4.69, 9.17) is 0 Å². The Kier molecular flexibility index (Phi) is 4.41. The molecule has 0 aromatic carbocycles. The first-order chi connectivity index (χ1) is 8.14. The van der Waals surface area contributed by atoms with Gasteiger partial charge in [-0.3, -0.25) is 4.79 Å². The molecule has 18 heavy (non-hydrogen) atoms. The molecular formula is C14H19F3O. The zero-order valence-corrected chi connectivity index (χ0v) is 10.9. The smallest absolute Gasteiger partial charge is 0.298 e. The normalized spacial score (nSPS) is 19.8. The highest BCUT2D eigenvalue weighted by Crippen LogP contribution is 2.41. The zero-order chi connectivity index (χ0) is 14.0. The van der Waals surface area contributed by atoms with E-state index < -0.39 is 12.6 Å². The molecule has 0 aromatic heterocycles. The maximum Gasteiger partial charge on any atom is 0.389 e.